The van der Waals surface area contributed by atoms with Crippen molar-refractivity contribution in [3.05, 3.63) is 23.3 Å². The van der Waals surface area contributed by atoms with Crippen LogP contribution in [-0.2, 0) is 6.42 Å². The predicted molar refractivity (Wildman–Crippen MR) is 66.7 cm³/mol. The molecule has 0 aromatic heterocycles. The summed E-state index contributed by atoms with van der Waals surface area (Å²) < 4.78 is 11.4. The lowest BCUT2D eigenvalue weighted by Crippen LogP contribution is -2.06. The van der Waals surface area contributed by atoms with Crippen molar-refractivity contribution in [1.29, 1.82) is 0 Å². The molecular formula is C13H15BrO2. The Morgan fingerprint density at radius 2 is 1.81 bits per heavy atom. The van der Waals surface area contributed by atoms with Crippen LogP contribution in [-0.4, -0.2) is 13.2 Å². The van der Waals surface area contributed by atoms with Crippen LogP contribution in [0.1, 0.15) is 35.2 Å². The van der Waals surface area contributed by atoms with E-state index in [1.807, 2.05) is 0 Å². The van der Waals surface area contributed by atoms with Crippen molar-refractivity contribution in [1.82, 2.24) is 0 Å². The molecule has 1 atom stereocenters. The van der Waals surface area contributed by atoms with E-state index < -0.39 is 0 Å². The van der Waals surface area contributed by atoms with E-state index in [-0.39, 0.29) is 0 Å². The minimum atomic E-state index is 0.480. The van der Waals surface area contributed by atoms with Gasteiger partial charge in [0.2, 0.25) is 0 Å². The molecule has 1 aliphatic heterocycles. The molecule has 0 N–H and O–H groups in total. The molecule has 1 unspecified atom stereocenters. The zero-order chi connectivity index (χ0) is 11.0. The first-order valence-corrected chi connectivity index (χ1v) is 6.82. The fourth-order valence-electron chi connectivity index (χ4n) is 2.40. The Balaban J connectivity index is 2.05. The second-order valence-electron chi connectivity index (χ2n) is 4.41. The van der Waals surface area contributed by atoms with Crippen molar-refractivity contribution in [2.24, 2.45) is 0 Å². The van der Waals surface area contributed by atoms with E-state index in [4.69, 9.17) is 9.47 Å². The Bertz CT molecular complexity index is 403. The number of benzene rings is 1. The van der Waals surface area contributed by atoms with E-state index >= 15 is 0 Å². The van der Waals surface area contributed by atoms with Gasteiger partial charge in [0.15, 0.2) is 11.5 Å². The molecule has 1 heterocycles. The number of ether oxygens (including phenoxy) is 2. The summed E-state index contributed by atoms with van der Waals surface area (Å²) in [6.45, 7) is 1.53. The van der Waals surface area contributed by atoms with Crippen molar-refractivity contribution in [2.45, 2.75) is 30.5 Å². The third kappa shape index (κ3) is 1.81. The molecule has 0 spiro atoms. The smallest absolute Gasteiger partial charge is 0.161 e. The first kappa shape index (κ1) is 10.5. The second kappa shape index (κ2) is 4.28. The van der Waals surface area contributed by atoms with E-state index in [1.54, 1.807) is 0 Å². The first-order valence-electron chi connectivity index (χ1n) is 5.91. The molecule has 0 amide bonds. The van der Waals surface area contributed by atoms with Crippen LogP contribution in [0.25, 0.3) is 0 Å². The Morgan fingerprint density at radius 3 is 2.62 bits per heavy atom. The van der Waals surface area contributed by atoms with Crippen LogP contribution in [0, 0.1) is 0 Å². The van der Waals surface area contributed by atoms with E-state index in [9.17, 15) is 0 Å². The zero-order valence-electron chi connectivity index (χ0n) is 9.17. The molecule has 16 heavy (non-hydrogen) atoms. The number of rotatable bonds is 0. The Kier molecular flexibility index (Phi) is 2.80. The molecule has 1 aliphatic carbocycles. The highest BCUT2D eigenvalue weighted by Crippen LogP contribution is 2.42. The maximum absolute atomic E-state index is 5.72. The van der Waals surface area contributed by atoms with Gasteiger partial charge in [0.05, 0.1) is 13.2 Å². The standard InChI is InChI=1S/C13H15BrO2/c14-11-4-1-3-9-7-12-13(8-10(9)11)16-6-2-5-15-12/h7-8,11H,1-6H2. The highest BCUT2D eigenvalue weighted by molar-refractivity contribution is 9.09. The molecule has 0 fully saturated rings. The fourth-order valence-corrected chi connectivity index (χ4v) is 3.15. The summed E-state index contributed by atoms with van der Waals surface area (Å²) in [4.78, 5) is 0.480. The van der Waals surface area contributed by atoms with Crippen molar-refractivity contribution in [3.8, 4) is 11.5 Å². The zero-order valence-corrected chi connectivity index (χ0v) is 10.8. The number of halogens is 1. The summed E-state index contributed by atoms with van der Waals surface area (Å²) >= 11 is 3.74. The normalized spacial score (nSPS) is 23.4. The van der Waals surface area contributed by atoms with Gasteiger partial charge in [-0.05, 0) is 42.5 Å². The highest BCUT2D eigenvalue weighted by atomic mass is 79.9. The molecule has 0 saturated carbocycles. The molecule has 3 rings (SSSR count). The van der Waals surface area contributed by atoms with Crippen molar-refractivity contribution in [2.75, 3.05) is 13.2 Å². The van der Waals surface area contributed by atoms with Crippen LogP contribution >= 0.6 is 15.9 Å². The largest absolute Gasteiger partial charge is 0.490 e. The Labute approximate surface area is 104 Å². The van der Waals surface area contributed by atoms with E-state index in [1.165, 1.54) is 24.0 Å². The van der Waals surface area contributed by atoms with Crippen LogP contribution in [0.4, 0.5) is 0 Å². The summed E-state index contributed by atoms with van der Waals surface area (Å²) in [5.41, 5.74) is 2.80. The quantitative estimate of drug-likeness (QED) is 0.677. The Hall–Kier alpha value is -0.700. The van der Waals surface area contributed by atoms with Gasteiger partial charge in [-0.25, -0.2) is 0 Å². The Morgan fingerprint density at radius 1 is 1.06 bits per heavy atom. The molecule has 3 heteroatoms. The first-order chi connectivity index (χ1) is 7.84. The van der Waals surface area contributed by atoms with Gasteiger partial charge in [-0.2, -0.15) is 0 Å². The number of fused-ring (bicyclic) bond motifs is 2. The maximum atomic E-state index is 5.72. The second-order valence-corrected chi connectivity index (χ2v) is 5.51. The monoisotopic (exact) mass is 282 g/mol. The number of hydrogen-bond donors (Lipinski definition) is 0. The van der Waals surface area contributed by atoms with Gasteiger partial charge in [0.1, 0.15) is 0 Å². The van der Waals surface area contributed by atoms with Gasteiger partial charge < -0.3 is 9.47 Å². The average Bonchev–Trinajstić information content (AvgIpc) is 2.52. The van der Waals surface area contributed by atoms with Gasteiger partial charge in [-0.3, -0.25) is 0 Å². The van der Waals surface area contributed by atoms with Crippen LogP contribution in [0.3, 0.4) is 0 Å². The topological polar surface area (TPSA) is 18.5 Å². The molecule has 0 saturated heterocycles. The lowest BCUT2D eigenvalue weighted by atomic mass is 9.91. The molecule has 2 nitrogen and oxygen atoms in total. The summed E-state index contributed by atoms with van der Waals surface area (Å²) in [5, 5.41) is 0. The highest BCUT2D eigenvalue weighted by Gasteiger charge is 2.22. The molecule has 2 aliphatic rings. The van der Waals surface area contributed by atoms with Gasteiger partial charge in [0, 0.05) is 11.2 Å². The van der Waals surface area contributed by atoms with Crippen LogP contribution < -0.4 is 9.47 Å². The summed E-state index contributed by atoms with van der Waals surface area (Å²) in [5.74, 6) is 1.85. The van der Waals surface area contributed by atoms with Gasteiger partial charge in [0.25, 0.3) is 0 Å². The fraction of sp³-hybridized carbons (Fsp3) is 0.538. The average molecular weight is 283 g/mol. The van der Waals surface area contributed by atoms with Crippen molar-refractivity contribution in [3.63, 3.8) is 0 Å². The molecule has 1 aromatic rings. The molecular weight excluding hydrogens is 268 g/mol. The van der Waals surface area contributed by atoms with Crippen molar-refractivity contribution < 1.29 is 9.47 Å². The van der Waals surface area contributed by atoms with Gasteiger partial charge >= 0.3 is 0 Å². The predicted octanol–water partition coefficient (Wildman–Crippen LogP) is 3.62. The van der Waals surface area contributed by atoms with Crippen molar-refractivity contribution >= 4 is 15.9 Å². The summed E-state index contributed by atoms with van der Waals surface area (Å²) in [6.07, 6.45) is 4.60. The maximum Gasteiger partial charge on any atom is 0.161 e. The molecule has 0 bridgehead atoms. The van der Waals surface area contributed by atoms with E-state index in [0.717, 1.165) is 37.6 Å². The minimum Gasteiger partial charge on any atom is -0.490 e. The van der Waals surface area contributed by atoms with Gasteiger partial charge in [-0.1, -0.05) is 15.9 Å². The summed E-state index contributed by atoms with van der Waals surface area (Å²) in [6, 6.07) is 4.33. The minimum absolute atomic E-state index is 0.480. The van der Waals surface area contributed by atoms with E-state index in [2.05, 4.69) is 28.1 Å². The third-order valence-electron chi connectivity index (χ3n) is 3.25. The van der Waals surface area contributed by atoms with Crippen LogP contribution in [0.2, 0.25) is 0 Å². The number of alkyl halides is 1. The van der Waals surface area contributed by atoms with Gasteiger partial charge in [-0.15, -0.1) is 0 Å². The van der Waals surface area contributed by atoms with Crippen LogP contribution in [0.15, 0.2) is 12.1 Å². The lowest BCUT2D eigenvalue weighted by molar-refractivity contribution is 0.297. The molecule has 0 radical (unpaired) electrons. The number of aryl methyl sites for hydroxylation is 1. The SMILES string of the molecule is BrC1CCCc2cc3c(cc21)OCCCO3. The summed E-state index contributed by atoms with van der Waals surface area (Å²) in [7, 11) is 0. The number of hydrogen-bond acceptors (Lipinski definition) is 2. The third-order valence-corrected chi connectivity index (χ3v) is 4.20. The molecule has 1 aromatic carbocycles. The lowest BCUT2D eigenvalue weighted by Gasteiger charge is -2.22. The molecule has 86 valence electrons. The van der Waals surface area contributed by atoms with E-state index in [0.29, 0.717) is 4.83 Å². The van der Waals surface area contributed by atoms with Crippen LogP contribution in [0.5, 0.6) is 11.5 Å².